The van der Waals surface area contributed by atoms with Crippen LogP contribution < -0.4 is 0 Å². The van der Waals surface area contributed by atoms with Gasteiger partial charge in [-0.1, -0.05) is 111 Å². The number of hydrogen-bond donors (Lipinski definition) is 0. The first-order chi connectivity index (χ1) is 29.3. The number of ether oxygens (including phenoxy) is 3. The van der Waals surface area contributed by atoms with Crippen molar-refractivity contribution in [3.63, 3.8) is 0 Å². The van der Waals surface area contributed by atoms with Gasteiger partial charge in [0.2, 0.25) is 6.04 Å². The summed E-state index contributed by atoms with van der Waals surface area (Å²) in [6.45, 7) is 4.64. The summed E-state index contributed by atoms with van der Waals surface area (Å²) in [7, 11) is 0. The number of nitrogens with zero attached hydrogens (tertiary/aromatic N) is 2. The zero-order chi connectivity index (χ0) is 44.9. The first-order valence-corrected chi connectivity index (χ1v) is 20.7. The lowest BCUT2D eigenvalue weighted by Gasteiger charge is -2.51. The van der Waals surface area contributed by atoms with Crippen LogP contribution in [0.25, 0.3) is 0 Å². The van der Waals surface area contributed by atoms with Crippen LogP contribution >= 0.6 is 0 Å². The van der Waals surface area contributed by atoms with E-state index in [1.54, 1.807) is 60.7 Å². The van der Waals surface area contributed by atoms with Crippen molar-refractivity contribution in [3.8, 4) is 0 Å². The Balaban J connectivity index is 1.39. The molecular formula is C47H50F6N2O7. The van der Waals surface area contributed by atoms with E-state index in [1.807, 2.05) is 30.3 Å². The highest BCUT2D eigenvalue weighted by molar-refractivity contribution is 5.74. The second kappa shape index (κ2) is 18.9. The fourth-order valence-corrected chi connectivity index (χ4v) is 9.12. The molecule has 6 atom stereocenters. The summed E-state index contributed by atoms with van der Waals surface area (Å²) in [6.07, 6.45) is -11.1. The van der Waals surface area contributed by atoms with Crippen LogP contribution in [0.4, 0.5) is 31.1 Å². The van der Waals surface area contributed by atoms with Gasteiger partial charge in [-0.2, -0.15) is 26.3 Å². The third-order valence-electron chi connectivity index (χ3n) is 12.5. The summed E-state index contributed by atoms with van der Waals surface area (Å²) < 4.78 is 102. The van der Waals surface area contributed by atoms with Gasteiger partial charge in [0.15, 0.2) is 0 Å². The molecule has 1 unspecified atom stereocenters. The van der Waals surface area contributed by atoms with Crippen LogP contribution in [-0.4, -0.2) is 46.7 Å². The van der Waals surface area contributed by atoms with Gasteiger partial charge < -0.3 is 14.2 Å². The smallest absolute Gasteiger partial charge is 0.416 e. The molecule has 0 spiro atoms. The minimum absolute atomic E-state index is 0.0207. The van der Waals surface area contributed by atoms with Crippen molar-refractivity contribution in [2.45, 2.75) is 120 Å². The molecule has 1 aliphatic heterocycles. The van der Waals surface area contributed by atoms with Crippen molar-refractivity contribution in [1.29, 1.82) is 0 Å². The molecule has 1 saturated carbocycles. The largest absolute Gasteiger partial charge is 0.462 e. The second-order valence-corrected chi connectivity index (χ2v) is 16.8. The van der Waals surface area contributed by atoms with Crippen molar-refractivity contribution < 1.29 is 55.1 Å². The van der Waals surface area contributed by atoms with Gasteiger partial charge in [0.25, 0.3) is 0 Å². The highest BCUT2D eigenvalue weighted by Crippen LogP contribution is 2.46. The monoisotopic (exact) mass is 868 g/mol. The summed E-state index contributed by atoms with van der Waals surface area (Å²) in [6, 6.07) is 24.9. The Kier molecular flexibility index (Phi) is 14.0. The van der Waals surface area contributed by atoms with E-state index < -0.39 is 94.3 Å². The van der Waals surface area contributed by atoms with Gasteiger partial charge in [0, 0.05) is 17.3 Å². The van der Waals surface area contributed by atoms with Gasteiger partial charge in [-0.25, -0.2) is 4.79 Å². The number of rotatable bonds is 13. The number of hydrogen-bond acceptors (Lipinski definition) is 7. The highest BCUT2D eigenvalue weighted by atomic mass is 19.4. The lowest BCUT2D eigenvalue weighted by Crippen LogP contribution is -2.65. The number of benzene rings is 4. The summed E-state index contributed by atoms with van der Waals surface area (Å²) >= 11 is 0. The second-order valence-electron chi connectivity index (χ2n) is 16.8. The third kappa shape index (κ3) is 10.4. The standard InChI is InChI=1S/C47H50F6N2O7/c1-31(33-25-36(46(48,49)50)27-37(26-33)47(51,52)53)61-30-45(35-19-11-6-12-20-35)24-23-39(55(58)59)40(54(45)43(57)60-29-32-15-7-4-8-16-32)28-42(56)62-41-22-14-13-21-38(41)44(2,3)34-17-9-5-10-18-34/h4-12,15-20,25-27,31,38-41H,13-14,21-24,28-30H2,1-3H3/t31-,38+,39+,40+,41?,45-/m1/s1. The van der Waals surface area contributed by atoms with Crippen molar-refractivity contribution in [3.05, 3.63) is 153 Å². The Morgan fingerprint density at radius 2 is 1.37 bits per heavy atom. The summed E-state index contributed by atoms with van der Waals surface area (Å²) in [5.41, 5.74) is -3.54. The van der Waals surface area contributed by atoms with Crippen LogP contribution in [-0.2, 0) is 48.9 Å². The molecule has 2 aliphatic rings. The molecule has 0 N–H and O–H groups in total. The predicted octanol–water partition coefficient (Wildman–Crippen LogP) is 11.6. The molecule has 1 aliphatic carbocycles. The van der Waals surface area contributed by atoms with Crippen LogP contribution in [0.5, 0.6) is 0 Å². The van der Waals surface area contributed by atoms with Gasteiger partial charge in [0.05, 0.1) is 35.8 Å². The summed E-state index contributed by atoms with van der Waals surface area (Å²) in [4.78, 5) is 42.5. The molecule has 4 aromatic carbocycles. The van der Waals surface area contributed by atoms with Gasteiger partial charge in [-0.3, -0.25) is 19.8 Å². The average Bonchev–Trinajstić information content (AvgIpc) is 3.25. The number of esters is 1. The molecule has 15 heteroatoms. The number of halogens is 6. The summed E-state index contributed by atoms with van der Waals surface area (Å²) in [5.74, 6) is -0.871. The predicted molar refractivity (Wildman–Crippen MR) is 217 cm³/mol. The fraction of sp³-hybridized carbons (Fsp3) is 0.447. The maximum absolute atomic E-state index is 14.7. The molecule has 62 heavy (non-hydrogen) atoms. The van der Waals surface area contributed by atoms with Crippen LogP contribution in [0.2, 0.25) is 0 Å². The lowest BCUT2D eigenvalue weighted by atomic mass is 9.66. The molecular weight excluding hydrogens is 819 g/mol. The Morgan fingerprint density at radius 1 is 0.806 bits per heavy atom. The van der Waals surface area contributed by atoms with E-state index in [4.69, 9.17) is 14.2 Å². The molecule has 1 saturated heterocycles. The Hall–Kier alpha value is -5.44. The molecule has 4 aromatic rings. The zero-order valence-electron chi connectivity index (χ0n) is 34.7. The first kappa shape index (κ1) is 46.1. The molecule has 332 valence electrons. The average molecular weight is 869 g/mol. The number of nitro groups is 1. The molecule has 6 rings (SSSR count). The van der Waals surface area contributed by atoms with E-state index in [0.717, 1.165) is 29.7 Å². The van der Waals surface area contributed by atoms with Crippen molar-refractivity contribution in [1.82, 2.24) is 4.90 Å². The normalized spacial score (nSPS) is 22.7. The SMILES string of the molecule is C[C@@H](OC[C@@]1(c2ccccc2)CC[C@H]([N+](=O)[O-])[C@H](CC(=O)OC2CCCC[C@@H]2C(C)(C)c2ccccc2)N1C(=O)OCc1ccccc1)c1cc(C(F)(F)F)cc(C(F)(F)F)c1. The quantitative estimate of drug-likeness (QED) is 0.0570. The Bertz CT molecular complexity index is 2120. The van der Waals surface area contributed by atoms with Crippen molar-refractivity contribution in [2.75, 3.05) is 6.61 Å². The maximum atomic E-state index is 14.7. The molecule has 0 bridgehead atoms. The molecule has 1 heterocycles. The summed E-state index contributed by atoms with van der Waals surface area (Å²) in [5, 5.41) is 12.9. The van der Waals surface area contributed by atoms with Gasteiger partial charge >= 0.3 is 24.4 Å². The Morgan fingerprint density at radius 3 is 1.95 bits per heavy atom. The number of likely N-dealkylation sites (tertiary alicyclic amines) is 1. The minimum Gasteiger partial charge on any atom is -0.462 e. The number of carbonyl (C=O) groups excluding carboxylic acids is 2. The van der Waals surface area contributed by atoms with Gasteiger partial charge in [0.1, 0.15) is 18.8 Å². The third-order valence-corrected chi connectivity index (χ3v) is 12.5. The van der Waals surface area contributed by atoms with E-state index in [0.29, 0.717) is 29.7 Å². The van der Waals surface area contributed by atoms with Gasteiger partial charge in [-0.15, -0.1) is 0 Å². The van der Waals surface area contributed by atoms with E-state index >= 15 is 0 Å². The first-order valence-electron chi connectivity index (χ1n) is 20.7. The van der Waals surface area contributed by atoms with E-state index in [-0.39, 0.29) is 31.4 Å². The molecule has 0 aromatic heterocycles. The van der Waals surface area contributed by atoms with Crippen LogP contribution in [0.3, 0.4) is 0 Å². The maximum Gasteiger partial charge on any atom is 0.416 e. The van der Waals surface area contributed by atoms with Crippen LogP contribution in [0, 0.1) is 16.0 Å². The number of carbonyl (C=O) groups is 2. The molecule has 9 nitrogen and oxygen atoms in total. The van der Waals surface area contributed by atoms with Crippen LogP contribution in [0.1, 0.15) is 105 Å². The van der Waals surface area contributed by atoms with Crippen LogP contribution in [0.15, 0.2) is 109 Å². The molecule has 2 fully saturated rings. The highest BCUT2D eigenvalue weighted by Gasteiger charge is 2.57. The number of piperidine rings is 1. The number of alkyl halides is 6. The Labute approximate surface area is 356 Å². The zero-order valence-corrected chi connectivity index (χ0v) is 34.7. The van der Waals surface area contributed by atoms with Gasteiger partial charge in [-0.05, 0) is 78.5 Å². The van der Waals surface area contributed by atoms with Crippen molar-refractivity contribution in [2.24, 2.45) is 5.92 Å². The number of amides is 1. The molecule has 0 radical (unpaired) electrons. The van der Waals surface area contributed by atoms with Crippen molar-refractivity contribution >= 4 is 12.1 Å². The fourth-order valence-electron chi connectivity index (χ4n) is 9.12. The van der Waals surface area contributed by atoms with E-state index in [1.165, 1.54) is 6.92 Å². The molecule has 1 amide bonds. The van der Waals surface area contributed by atoms with E-state index in [9.17, 15) is 46.0 Å². The minimum atomic E-state index is -5.11. The topological polar surface area (TPSA) is 108 Å². The van der Waals surface area contributed by atoms with E-state index in [2.05, 4.69) is 13.8 Å². The lowest BCUT2D eigenvalue weighted by molar-refractivity contribution is -0.536.